The van der Waals surface area contributed by atoms with Crippen LogP contribution in [-0.2, 0) is 73.8 Å². The molecule has 2 heterocycles. The maximum atomic E-state index is 14.9. The van der Waals surface area contributed by atoms with Gasteiger partial charge < -0.3 is 91.0 Å². The van der Waals surface area contributed by atoms with E-state index < -0.39 is 119 Å². The number of carboxylic acid groups (broad SMARTS) is 1. The van der Waals surface area contributed by atoms with E-state index in [1.807, 2.05) is 26.0 Å². The zero-order chi connectivity index (χ0) is 71.0. The van der Waals surface area contributed by atoms with E-state index in [0.29, 0.717) is 37.7 Å². The molecule has 1 fully saturated rings. The average molecular weight is 1340 g/mol. The zero-order valence-electron chi connectivity index (χ0n) is 56.5. The van der Waals surface area contributed by atoms with Gasteiger partial charge in [0.25, 0.3) is 0 Å². The van der Waals surface area contributed by atoms with Crippen molar-refractivity contribution in [3.05, 3.63) is 94.0 Å². The number of nitrogens with zero attached hydrogens (tertiary/aromatic N) is 3. The lowest BCUT2D eigenvalue weighted by molar-refractivity contribution is -0.143. The molecular weight excluding hydrogens is 1230 g/mol. The summed E-state index contributed by atoms with van der Waals surface area (Å²) in [4.78, 5) is 148. The predicted octanol–water partition coefficient (Wildman–Crippen LogP) is 0.675. The molecule has 0 aliphatic carbocycles. The van der Waals surface area contributed by atoms with Crippen molar-refractivity contribution in [2.45, 2.75) is 206 Å². The maximum absolute atomic E-state index is 14.9. The van der Waals surface area contributed by atoms with Crippen LogP contribution < -0.4 is 65.9 Å². The van der Waals surface area contributed by atoms with Crippen LogP contribution in [0.15, 0.2) is 65.7 Å². The molecule has 0 aromatic heterocycles. The van der Waals surface area contributed by atoms with Crippen LogP contribution in [0.25, 0.3) is 0 Å². The highest BCUT2D eigenvalue weighted by atomic mass is 16.4. The lowest BCUT2D eigenvalue weighted by Crippen LogP contribution is -2.61. The van der Waals surface area contributed by atoms with Crippen molar-refractivity contribution in [3.8, 4) is 11.5 Å². The molecule has 3 aromatic carbocycles. The Morgan fingerprint density at radius 3 is 1.86 bits per heavy atom. The lowest BCUT2D eigenvalue weighted by Gasteiger charge is -2.33. The third kappa shape index (κ3) is 24.1. The number of unbranched alkanes of at least 4 members (excludes halogenated alkanes) is 2. The molecule has 0 unspecified atom stereocenters. The summed E-state index contributed by atoms with van der Waals surface area (Å²) in [7, 11) is 0. The van der Waals surface area contributed by atoms with E-state index in [2.05, 4.69) is 42.2 Å². The number of rotatable bonds is 36. The highest BCUT2D eigenvalue weighted by molar-refractivity contribution is 5.98. The van der Waals surface area contributed by atoms with Crippen molar-refractivity contribution >= 4 is 65.1 Å². The van der Waals surface area contributed by atoms with Gasteiger partial charge >= 0.3 is 5.97 Å². The number of phenolic OH excluding ortho intramolecular Hbond substituents is 2. The van der Waals surface area contributed by atoms with Gasteiger partial charge in [0.1, 0.15) is 59.8 Å². The number of nitrogens with one attached hydrogen (secondary N) is 7. The minimum atomic E-state index is -1.35. The molecule has 20 N–H and O–H groups in total. The fourth-order valence-electron chi connectivity index (χ4n) is 12.0. The van der Waals surface area contributed by atoms with Crippen molar-refractivity contribution in [1.29, 1.82) is 0 Å². The van der Waals surface area contributed by atoms with Gasteiger partial charge in [-0.3, -0.25) is 48.1 Å². The van der Waals surface area contributed by atoms with Gasteiger partial charge in [-0.05, 0) is 173 Å². The van der Waals surface area contributed by atoms with Crippen LogP contribution in [-0.4, -0.2) is 177 Å². The molecule has 5 rings (SSSR count). The van der Waals surface area contributed by atoms with Gasteiger partial charge in [-0.2, -0.15) is 0 Å². The van der Waals surface area contributed by atoms with E-state index in [-0.39, 0.29) is 127 Å². The fourth-order valence-corrected chi connectivity index (χ4v) is 12.0. The number of aromatic hydroxyl groups is 2. The summed E-state index contributed by atoms with van der Waals surface area (Å²) in [6.45, 7) is 13.0. The SMILES string of the molecule is Cc1cc(O)cc(C)c1C[C@H](N)C(=O)N[C@H](CCCN=C(N)N)C(=O)N[C@H]1Cc2ccccc2CN(CCC(=O)N[C@@H](CCCCN)C(=O)N[C@@H](CCCCN)C(=O)N2CCC[C@H]2C(=O)N[C@@H](Cc2ccc(O)cc2)C(=O)N[C@H](C(=O)N[C@@H](CC(C)C)C(=O)O)C(C)(C)C)C1=O. The van der Waals surface area contributed by atoms with Gasteiger partial charge in [-0.15, -0.1) is 0 Å². The minimum Gasteiger partial charge on any atom is -0.508 e. The second kappa shape index (κ2) is 37.4. The molecule has 9 amide bonds. The first-order chi connectivity index (χ1) is 45.4. The Bertz CT molecular complexity index is 3180. The van der Waals surface area contributed by atoms with E-state index in [0.717, 1.165) is 27.8 Å². The number of fused-ring (bicyclic) bond motifs is 1. The molecule has 0 bridgehead atoms. The number of nitrogens with two attached hydrogens (primary N) is 5. The first kappa shape index (κ1) is 77.8. The second-order valence-corrected chi connectivity index (χ2v) is 26.6. The van der Waals surface area contributed by atoms with Gasteiger partial charge in [0.05, 0.1) is 6.04 Å². The number of phenols is 2. The smallest absolute Gasteiger partial charge is 0.326 e. The molecule has 96 heavy (non-hydrogen) atoms. The van der Waals surface area contributed by atoms with Crippen molar-refractivity contribution in [2.75, 3.05) is 32.7 Å². The topological polar surface area (TPSA) is 465 Å². The second-order valence-electron chi connectivity index (χ2n) is 26.6. The summed E-state index contributed by atoms with van der Waals surface area (Å²) in [6, 6.07) is 5.53. The average Bonchev–Trinajstić information content (AvgIpc) is 1.54. The Labute approximate surface area is 562 Å². The van der Waals surface area contributed by atoms with E-state index >= 15 is 0 Å². The maximum Gasteiger partial charge on any atom is 0.326 e. The molecule has 28 nitrogen and oxygen atoms in total. The number of hydrogen-bond donors (Lipinski definition) is 15. The third-order valence-corrected chi connectivity index (χ3v) is 17.2. The molecule has 0 spiro atoms. The first-order valence-corrected chi connectivity index (χ1v) is 33.2. The van der Waals surface area contributed by atoms with Crippen LogP contribution in [0.4, 0.5) is 0 Å². The van der Waals surface area contributed by atoms with Crippen LogP contribution in [0.1, 0.15) is 145 Å². The molecule has 1 saturated heterocycles. The monoisotopic (exact) mass is 1340 g/mol. The summed E-state index contributed by atoms with van der Waals surface area (Å²) in [5.74, 6) is -7.40. The van der Waals surface area contributed by atoms with E-state index in [9.17, 15) is 63.3 Å². The Hall–Kier alpha value is -8.89. The minimum absolute atomic E-state index is 0.0462. The number of hydrogen-bond acceptors (Lipinski definition) is 16. The van der Waals surface area contributed by atoms with Gasteiger partial charge in [-0.1, -0.05) is 71.0 Å². The molecule has 3 aromatic rings. The van der Waals surface area contributed by atoms with Crippen LogP contribution in [0, 0.1) is 25.2 Å². The fraction of sp³-hybridized carbons (Fsp3) is 0.574. The Morgan fingerprint density at radius 2 is 1.26 bits per heavy atom. The number of benzene rings is 3. The number of aliphatic carboxylic acids is 1. The molecule has 2 aliphatic rings. The predicted molar refractivity (Wildman–Crippen MR) is 362 cm³/mol. The van der Waals surface area contributed by atoms with Crippen molar-refractivity contribution in [1.82, 2.24) is 47.0 Å². The number of aliphatic imine (C=N–C) groups is 1. The Morgan fingerprint density at radius 1 is 0.677 bits per heavy atom. The number of carbonyl (C=O) groups excluding carboxylic acids is 9. The highest BCUT2D eigenvalue weighted by Gasteiger charge is 2.42. The summed E-state index contributed by atoms with van der Waals surface area (Å²) in [6.07, 6.45) is 2.76. The molecular formula is C68H103N15O13. The van der Waals surface area contributed by atoms with Crippen molar-refractivity contribution in [3.63, 3.8) is 0 Å². The Kier molecular flexibility index (Phi) is 30.3. The highest BCUT2D eigenvalue weighted by Crippen LogP contribution is 2.26. The van der Waals surface area contributed by atoms with Gasteiger partial charge in [0.2, 0.25) is 53.2 Å². The van der Waals surface area contributed by atoms with Crippen LogP contribution in [0.5, 0.6) is 11.5 Å². The standard InChI is InChI=1S/C68H103N15O13/c1-39(2)32-54(66(95)96)80-63(92)57(68(5,6)7)81-61(90)52(35-42-22-24-45(84)25-23-42)78-62(91)55-21-15-30-83(55)65(94)51(19-11-13-28-70)77-59(88)49(18-10-12-27-69)75-56(86)26-31-82-38-44-17-9-8-16-43(44)36-53(64(82)93)79-60(89)50(20-14-29-74-67(72)73)76-58(87)48(71)37-47-40(3)33-46(85)34-41(47)4/h8-9,16-17,22-25,33-34,39,48-55,57,84-85H,10-15,18-21,26-32,35-38,69-71H2,1-7H3,(H,75,86)(H,76,87)(H,77,88)(H,78,91)(H,79,89)(H,80,92)(H,81,90)(H,95,96)(H4,72,73,74)/t48-,49-,50+,51-,52-,53-,54-,55-,57+/m0/s1. The number of amides is 9. The largest absolute Gasteiger partial charge is 0.508 e. The van der Waals surface area contributed by atoms with Crippen LogP contribution in [0.3, 0.4) is 0 Å². The van der Waals surface area contributed by atoms with Gasteiger partial charge in [-0.25, -0.2) is 4.79 Å². The summed E-state index contributed by atoms with van der Waals surface area (Å²) in [5, 5.41) is 49.5. The van der Waals surface area contributed by atoms with E-state index in [1.54, 1.807) is 71.0 Å². The summed E-state index contributed by atoms with van der Waals surface area (Å²) >= 11 is 0. The molecule has 9 atom stereocenters. The Balaban J connectivity index is 1.33. The molecule has 528 valence electrons. The number of carboxylic acids is 1. The number of carbonyl (C=O) groups is 10. The van der Waals surface area contributed by atoms with Gasteiger partial charge in [0, 0.05) is 45.4 Å². The van der Waals surface area contributed by atoms with Gasteiger partial charge in [0.15, 0.2) is 5.96 Å². The van der Waals surface area contributed by atoms with Crippen molar-refractivity contribution < 1.29 is 63.3 Å². The summed E-state index contributed by atoms with van der Waals surface area (Å²) < 4.78 is 0. The summed E-state index contributed by atoms with van der Waals surface area (Å²) in [5.41, 5.74) is 32.6. The first-order valence-electron chi connectivity index (χ1n) is 33.2. The molecule has 2 aliphatic heterocycles. The lowest BCUT2D eigenvalue weighted by atomic mass is 9.85. The van der Waals surface area contributed by atoms with Crippen molar-refractivity contribution in [2.24, 2.45) is 45.0 Å². The van der Waals surface area contributed by atoms with Crippen LogP contribution in [0.2, 0.25) is 0 Å². The third-order valence-electron chi connectivity index (χ3n) is 17.2. The van der Waals surface area contributed by atoms with E-state index in [1.165, 1.54) is 21.9 Å². The molecule has 0 radical (unpaired) electrons. The van der Waals surface area contributed by atoms with Crippen LogP contribution >= 0.6 is 0 Å². The van der Waals surface area contributed by atoms with E-state index in [4.69, 9.17) is 28.7 Å². The number of likely N-dealkylation sites (tertiary alicyclic amines) is 1. The number of guanidine groups is 1. The quantitative estimate of drug-likeness (QED) is 0.0216. The zero-order valence-corrected chi connectivity index (χ0v) is 56.5. The molecule has 28 heteroatoms. The number of aryl methyl sites for hydroxylation is 2. The molecule has 0 saturated carbocycles. The normalized spacial score (nSPS) is 16.8.